The lowest BCUT2D eigenvalue weighted by atomic mass is 10.6. The van der Waals surface area contributed by atoms with Crippen LogP contribution in [0.2, 0.25) is 0 Å². The Morgan fingerprint density at radius 1 is 1.45 bits per heavy atom. The van der Waals surface area contributed by atoms with Crippen molar-refractivity contribution in [3.05, 3.63) is 10.9 Å². The molecule has 4 nitrogen and oxygen atoms in total. The minimum Gasteiger partial charge on any atom is -0.375 e. The number of hydrogen-bond donors (Lipinski definition) is 1. The Morgan fingerprint density at radius 2 is 2.27 bits per heavy atom. The van der Waals surface area contributed by atoms with E-state index >= 15 is 0 Å². The number of nitrogens with two attached hydrogens (primary N) is 1. The minimum atomic E-state index is 0.521. The van der Waals surface area contributed by atoms with Gasteiger partial charge in [0.2, 0.25) is 0 Å². The molecule has 0 aliphatic rings. The lowest BCUT2D eigenvalue weighted by molar-refractivity contribution is 1.16. The molecule has 2 rings (SSSR count). The summed E-state index contributed by atoms with van der Waals surface area (Å²) in [5.74, 6) is 0. The van der Waals surface area contributed by atoms with E-state index in [4.69, 9.17) is 5.73 Å². The van der Waals surface area contributed by atoms with E-state index in [2.05, 4.69) is 30.9 Å². The maximum Gasteiger partial charge on any atom is 0.198 e. The maximum atomic E-state index is 5.46. The number of nitrogen functional groups attached to an aromatic ring is 1. The second-order valence-corrected chi connectivity index (χ2v) is 3.60. The first-order valence-corrected chi connectivity index (χ1v) is 4.41. The van der Waals surface area contributed by atoms with E-state index in [-0.39, 0.29) is 0 Å². The van der Waals surface area contributed by atoms with Crippen LogP contribution < -0.4 is 5.73 Å². The largest absolute Gasteiger partial charge is 0.375 e. The number of hydrogen-bond acceptors (Lipinski definition) is 5. The summed E-state index contributed by atoms with van der Waals surface area (Å²) >= 11 is 4.51. The normalized spacial score (nSPS) is 10.6. The Morgan fingerprint density at radius 3 is 3.09 bits per heavy atom. The van der Waals surface area contributed by atoms with Gasteiger partial charge in [-0.3, -0.25) is 0 Å². The van der Waals surface area contributed by atoms with Crippen molar-refractivity contribution < 1.29 is 0 Å². The first-order chi connectivity index (χ1) is 5.25. The van der Waals surface area contributed by atoms with E-state index in [1.807, 2.05) is 0 Å². The second-order valence-electron chi connectivity index (χ2n) is 1.88. The van der Waals surface area contributed by atoms with Gasteiger partial charge in [-0.15, -0.1) is 0 Å². The Bertz CT molecular complexity index is 398. The highest BCUT2D eigenvalue weighted by atomic mass is 79.9. The topological polar surface area (TPSA) is 64.7 Å². The highest BCUT2D eigenvalue weighted by Crippen LogP contribution is 2.21. The van der Waals surface area contributed by atoms with Gasteiger partial charge in [0.05, 0.1) is 6.20 Å². The summed E-state index contributed by atoms with van der Waals surface area (Å²) in [6.45, 7) is 0. The standard InChI is InChI=1S/C5H3BrN4S/c6-4-8-1-2-3(10-4)11-5(7)9-2/h1H,(H2,7,9). The first kappa shape index (κ1) is 6.93. The molecule has 0 aliphatic carbocycles. The third-order valence-corrected chi connectivity index (χ3v) is 2.31. The van der Waals surface area contributed by atoms with Crippen molar-refractivity contribution >= 4 is 42.7 Å². The Labute approximate surface area is 74.6 Å². The molecule has 2 N–H and O–H groups in total. The van der Waals surface area contributed by atoms with Crippen LogP contribution in [0.4, 0.5) is 5.13 Å². The van der Waals surface area contributed by atoms with Gasteiger partial charge in [-0.1, -0.05) is 11.3 Å². The fourth-order valence-corrected chi connectivity index (χ4v) is 1.81. The predicted molar refractivity (Wildman–Crippen MR) is 47.3 cm³/mol. The van der Waals surface area contributed by atoms with Crippen molar-refractivity contribution in [1.29, 1.82) is 0 Å². The fourth-order valence-electron chi connectivity index (χ4n) is 0.732. The van der Waals surface area contributed by atoms with Crippen LogP contribution in [-0.4, -0.2) is 15.0 Å². The SMILES string of the molecule is Nc1nc2cnc(Br)nc2s1. The number of aromatic nitrogens is 3. The van der Waals surface area contributed by atoms with E-state index in [1.54, 1.807) is 6.20 Å². The molecule has 0 amide bonds. The molecule has 0 aliphatic heterocycles. The van der Waals surface area contributed by atoms with Crippen molar-refractivity contribution in [3.8, 4) is 0 Å². The Hall–Kier alpha value is -0.750. The first-order valence-electron chi connectivity index (χ1n) is 2.80. The summed E-state index contributed by atoms with van der Waals surface area (Å²) in [6, 6.07) is 0. The van der Waals surface area contributed by atoms with E-state index in [0.717, 1.165) is 10.3 Å². The molecule has 56 valence electrons. The zero-order valence-electron chi connectivity index (χ0n) is 5.28. The summed E-state index contributed by atoms with van der Waals surface area (Å²) in [5.41, 5.74) is 6.21. The average molecular weight is 231 g/mol. The molecule has 2 aromatic rings. The van der Waals surface area contributed by atoms with Crippen molar-refractivity contribution in [2.24, 2.45) is 0 Å². The molecule has 0 atom stereocenters. The molecule has 0 aromatic carbocycles. The molecule has 0 saturated carbocycles. The summed E-state index contributed by atoms with van der Waals surface area (Å²) in [4.78, 5) is 12.8. The molecule has 0 bridgehead atoms. The van der Waals surface area contributed by atoms with Crippen LogP contribution in [0, 0.1) is 0 Å². The summed E-state index contributed by atoms with van der Waals surface area (Å²) in [5, 5.41) is 0.521. The summed E-state index contributed by atoms with van der Waals surface area (Å²) < 4.78 is 0.564. The van der Waals surface area contributed by atoms with E-state index in [0.29, 0.717) is 9.87 Å². The van der Waals surface area contributed by atoms with Gasteiger partial charge in [0.1, 0.15) is 10.3 Å². The van der Waals surface area contributed by atoms with Crippen molar-refractivity contribution in [3.63, 3.8) is 0 Å². The lowest BCUT2D eigenvalue weighted by Gasteiger charge is -1.85. The van der Waals surface area contributed by atoms with Crippen LogP contribution in [0.1, 0.15) is 0 Å². The fraction of sp³-hybridized carbons (Fsp3) is 0. The van der Waals surface area contributed by atoms with Gasteiger partial charge in [0.25, 0.3) is 0 Å². The molecule has 0 spiro atoms. The van der Waals surface area contributed by atoms with Crippen molar-refractivity contribution in [2.45, 2.75) is 0 Å². The zero-order chi connectivity index (χ0) is 7.84. The molecule has 0 unspecified atom stereocenters. The highest BCUT2D eigenvalue weighted by Gasteiger charge is 2.02. The van der Waals surface area contributed by atoms with Gasteiger partial charge < -0.3 is 5.73 Å². The molecule has 0 saturated heterocycles. The van der Waals surface area contributed by atoms with Gasteiger partial charge in [0, 0.05) is 0 Å². The zero-order valence-corrected chi connectivity index (χ0v) is 7.69. The number of nitrogens with zero attached hydrogens (tertiary/aromatic N) is 3. The van der Waals surface area contributed by atoms with Gasteiger partial charge in [-0.25, -0.2) is 15.0 Å². The van der Waals surface area contributed by atoms with Crippen LogP contribution in [0.3, 0.4) is 0 Å². The molecule has 0 radical (unpaired) electrons. The monoisotopic (exact) mass is 230 g/mol. The van der Waals surface area contributed by atoms with E-state index in [1.165, 1.54) is 11.3 Å². The number of anilines is 1. The highest BCUT2D eigenvalue weighted by molar-refractivity contribution is 9.10. The summed E-state index contributed by atoms with van der Waals surface area (Å²) in [7, 11) is 0. The van der Waals surface area contributed by atoms with Gasteiger partial charge in [-0.2, -0.15) is 0 Å². The molecular formula is C5H3BrN4S. The van der Waals surface area contributed by atoms with Crippen molar-refractivity contribution in [2.75, 3.05) is 5.73 Å². The number of halogens is 1. The summed E-state index contributed by atoms with van der Waals surface area (Å²) in [6.07, 6.45) is 1.64. The minimum absolute atomic E-state index is 0.521. The molecule has 2 heterocycles. The molecule has 0 fully saturated rings. The quantitative estimate of drug-likeness (QED) is 0.696. The molecule has 2 aromatic heterocycles. The number of fused-ring (bicyclic) bond motifs is 1. The van der Waals surface area contributed by atoms with Crippen LogP contribution in [-0.2, 0) is 0 Å². The van der Waals surface area contributed by atoms with E-state index < -0.39 is 0 Å². The number of rotatable bonds is 0. The number of thiazole rings is 1. The maximum absolute atomic E-state index is 5.46. The van der Waals surface area contributed by atoms with Gasteiger partial charge >= 0.3 is 0 Å². The van der Waals surface area contributed by atoms with E-state index in [9.17, 15) is 0 Å². The average Bonchev–Trinajstić information content (AvgIpc) is 2.27. The Kier molecular flexibility index (Phi) is 1.50. The molecular weight excluding hydrogens is 228 g/mol. The third kappa shape index (κ3) is 1.19. The van der Waals surface area contributed by atoms with Crippen molar-refractivity contribution in [1.82, 2.24) is 15.0 Å². The smallest absolute Gasteiger partial charge is 0.198 e. The van der Waals surface area contributed by atoms with Crippen LogP contribution in [0.5, 0.6) is 0 Å². The van der Waals surface area contributed by atoms with Crippen LogP contribution in [0.25, 0.3) is 10.3 Å². The van der Waals surface area contributed by atoms with Gasteiger partial charge in [-0.05, 0) is 15.9 Å². The third-order valence-electron chi connectivity index (χ3n) is 1.14. The predicted octanol–water partition coefficient (Wildman–Crippen LogP) is 1.43. The Balaban J connectivity index is 2.82. The molecule has 11 heavy (non-hydrogen) atoms. The van der Waals surface area contributed by atoms with Crippen LogP contribution >= 0.6 is 27.3 Å². The second kappa shape index (κ2) is 2.38. The molecule has 6 heteroatoms. The van der Waals surface area contributed by atoms with Crippen LogP contribution in [0.15, 0.2) is 10.9 Å². The van der Waals surface area contributed by atoms with Gasteiger partial charge in [0.15, 0.2) is 9.87 Å². The lowest BCUT2D eigenvalue weighted by Crippen LogP contribution is -1.81.